The van der Waals surface area contributed by atoms with Gasteiger partial charge in [-0.2, -0.15) is 0 Å². The van der Waals surface area contributed by atoms with Crippen molar-refractivity contribution >= 4 is 28.5 Å². The number of hydrogen-bond acceptors (Lipinski definition) is 3. The molecule has 1 aliphatic heterocycles. The van der Waals surface area contributed by atoms with Crippen LogP contribution in [0.1, 0.15) is 29.5 Å². The van der Waals surface area contributed by atoms with Crippen LogP contribution >= 0.6 is 11.6 Å². The summed E-state index contributed by atoms with van der Waals surface area (Å²) in [5.41, 5.74) is 1.54. The molecule has 2 heterocycles. The Morgan fingerprint density at radius 2 is 2.29 bits per heavy atom. The molecular formula is C16H18ClNO3. The van der Waals surface area contributed by atoms with Crippen LogP contribution in [0.2, 0.25) is 5.02 Å². The summed E-state index contributed by atoms with van der Waals surface area (Å²) in [6.45, 7) is 5.76. The molecule has 2 aromatic rings. The molecule has 4 nitrogen and oxygen atoms in total. The zero-order chi connectivity index (χ0) is 15.0. The number of morpholine rings is 1. The molecule has 1 aromatic carbocycles. The van der Waals surface area contributed by atoms with E-state index >= 15 is 0 Å². The maximum atomic E-state index is 12.7. The van der Waals surface area contributed by atoms with Gasteiger partial charge in [0.2, 0.25) is 0 Å². The number of furan rings is 1. The van der Waals surface area contributed by atoms with Crippen LogP contribution < -0.4 is 0 Å². The van der Waals surface area contributed by atoms with E-state index in [1.807, 2.05) is 17.9 Å². The van der Waals surface area contributed by atoms with Crippen LogP contribution in [0.4, 0.5) is 0 Å². The summed E-state index contributed by atoms with van der Waals surface area (Å²) in [4.78, 5) is 14.5. The lowest BCUT2D eigenvalue weighted by molar-refractivity contribution is -0.0235. The van der Waals surface area contributed by atoms with Gasteiger partial charge in [-0.25, -0.2) is 0 Å². The van der Waals surface area contributed by atoms with Gasteiger partial charge in [-0.3, -0.25) is 4.79 Å². The van der Waals surface area contributed by atoms with Crippen molar-refractivity contribution in [3.63, 3.8) is 0 Å². The smallest absolute Gasteiger partial charge is 0.290 e. The lowest BCUT2D eigenvalue weighted by Crippen LogP contribution is -2.45. The predicted octanol–water partition coefficient (Wildman–Crippen LogP) is 3.65. The average molecular weight is 308 g/mol. The molecule has 0 spiro atoms. The summed E-state index contributed by atoms with van der Waals surface area (Å²) in [6.07, 6.45) is 1.01. The largest absolute Gasteiger partial charge is 0.451 e. The number of halogens is 1. The number of benzene rings is 1. The van der Waals surface area contributed by atoms with Crippen molar-refractivity contribution in [3.05, 3.63) is 34.5 Å². The van der Waals surface area contributed by atoms with Gasteiger partial charge in [0.15, 0.2) is 5.76 Å². The number of amides is 1. The van der Waals surface area contributed by atoms with Crippen LogP contribution in [-0.2, 0) is 4.74 Å². The molecule has 0 aliphatic carbocycles. The Morgan fingerprint density at radius 1 is 1.48 bits per heavy atom. The molecule has 1 unspecified atom stereocenters. The van der Waals surface area contributed by atoms with Crippen molar-refractivity contribution in [2.24, 2.45) is 0 Å². The molecule has 0 N–H and O–H groups in total. The number of hydrogen-bond donors (Lipinski definition) is 0. The number of rotatable bonds is 2. The van der Waals surface area contributed by atoms with Gasteiger partial charge in [-0.1, -0.05) is 18.5 Å². The maximum absolute atomic E-state index is 12.7. The lowest BCUT2D eigenvalue weighted by Gasteiger charge is -2.32. The molecule has 3 rings (SSSR count). The molecule has 5 heteroatoms. The molecular weight excluding hydrogens is 290 g/mol. The lowest BCUT2D eigenvalue weighted by atomic mass is 10.1. The van der Waals surface area contributed by atoms with E-state index in [9.17, 15) is 4.79 Å². The summed E-state index contributed by atoms with van der Waals surface area (Å²) >= 11 is 6.01. The third kappa shape index (κ3) is 2.65. The third-order valence-corrected chi connectivity index (χ3v) is 4.21. The number of ether oxygens (including phenoxy) is 1. The predicted molar refractivity (Wildman–Crippen MR) is 81.9 cm³/mol. The monoisotopic (exact) mass is 307 g/mol. The molecule has 112 valence electrons. The SMILES string of the molecule is CCC1CN(C(=O)c2oc3ccc(Cl)cc3c2C)CCO1. The fraction of sp³-hybridized carbons (Fsp3) is 0.438. The summed E-state index contributed by atoms with van der Waals surface area (Å²) in [5.74, 6) is 0.339. The molecule has 1 atom stereocenters. The number of fused-ring (bicyclic) bond motifs is 1. The Hall–Kier alpha value is -1.52. The normalized spacial score (nSPS) is 19.2. The molecule has 21 heavy (non-hydrogen) atoms. The van der Waals surface area contributed by atoms with Crippen LogP contribution in [0, 0.1) is 6.92 Å². The van der Waals surface area contributed by atoms with Gasteiger partial charge in [0.25, 0.3) is 5.91 Å². The number of carbonyl (C=O) groups is 1. The minimum atomic E-state index is -0.0680. The van der Waals surface area contributed by atoms with E-state index in [4.69, 9.17) is 20.8 Å². The van der Waals surface area contributed by atoms with Crippen molar-refractivity contribution in [3.8, 4) is 0 Å². The molecule has 1 saturated heterocycles. The van der Waals surface area contributed by atoms with E-state index in [2.05, 4.69) is 6.92 Å². The van der Waals surface area contributed by atoms with Crippen LogP contribution in [0.3, 0.4) is 0 Å². The second kappa shape index (κ2) is 5.70. The molecule has 0 radical (unpaired) electrons. The van der Waals surface area contributed by atoms with Gasteiger partial charge >= 0.3 is 0 Å². The highest BCUT2D eigenvalue weighted by atomic mass is 35.5. The van der Waals surface area contributed by atoms with Crippen LogP contribution in [0.15, 0.2) is 22.6 Å². The zero-order valence-corrected chi connectivity index (χ0v) is 12.9. The van der Waals surface area contributed by atoms with E-state index in [0.717, 1.165) is 17.4 Å². The van der Waals surface area contributed by atoms with E-state index in [1.165, 1.54) is 0 Å². The van der Waals surface area contributed by atoms with E-state index in [1.54, 1.807) is 12.1 Å². The first-order valence-electron chi connectivity index (χ1n) is 7.19. The van der Waals surface area contributed by atoms with Gasteiger partial charge in [0.1, 0.15) is 5.58 Å². The second-order valence-corrected chi connectivity index (χ2v) is 5.79. The fourth-order valence-corrected chi connectivity index (χ4v) is 2.86. The highest BCUT2D eigenvalue weighted by molar-refractivity contribution is 6.31. The molecule has 1 fully saturated rings. The number of nitrogens with zero attached hydrogens (tertiary/aromatic N) is 1. The van der Waals surface area contributed by atoms with E-state index in [-0.39, 0.29) is 12.0 Å². The Bertz CT molecular complexity index is 679. The molecule has 0 bridgehead atoms. The standard InChI is InChI=1S/C16H18ClNO3/c1-3-12-9-18(6-7-20-12)16(19)15-10(2)13-8-11(17)4-5-14(13)21-15/h4-5,8,12H,3,6-7,9H2,1-2H3. The van der Waals surface area contributed by atoms with Crippen LogP contribution in [0.5, 0.6) is 0 Å². The number of carbonyl (C=O) groups excluding carboxylic acids is 1. The summed E-state index contributed by atoms with van der Waals surface area (Å²) in [5, 5.41) is 1.54. The molecule has 1 aromatic heterocycles. The Morgan fingerprint density at radius 3 is 3.05 bits per heavy atom. The first kappa shape index (κ1) is 14.4. The van der Waals surface area contributed by atoms with Gasteiger partial charge < -0.3 is 14.1 Å². The fourth-order valence-electron chi connectivity index (χ4n) is 2.69. The highest BCUT2D eigenvalue weighted by Crippen LogP contribution is 2.29. The minimum absolute atomic E-state index is 0.0680. The van der Waals surface area contributed by atoms with E-state index < -0.39 is 0 Å². The van der Waals surface area contributed by atoms with Crippen LogP contribution in [0.25, 0.3) is 11.0 Å². The van der Waals surface area contributed by atoms with Crippen molar-refractivity contribution in [1.29, 1.82) is 0 Å². The Balaban J connectivity index is 1.92. The quantitative estimate of drug-likeness (QED) is 0.850. The highest BCUT2D eigenvalue weighted by Gasteiger charge is 2.28. The summed E-state index contributed by atoms with van der Waals surface area (Å²) < 4.78 is 11.4. The first-order valence-corrected chi connectivity index (χ1v) is 7.57. The Labute approximate surface area is 128 Å². The average Bonchev–Trinajstić information content (AvgIpc) is 2.83. The molecule has 0 saturated carbocycles. The minimum Gasteiger partial charge on any atom is -0.451 e. The van der Waals surface area contributed by atoms with Gasteiger partial charge in [0, 0.05) is 29.1 Å². The van der Waals surface area contributed by atoms with Crippen molar-refractivity contribution in [1.82, 2.24) is 4.90 Å². The maximum Gasteiger partial charge on any atom is 0.290 e. The van der Waals surface area contributed by atoms with Crippen LogP contribution in [-0.4, -0.2) is 36.6 Å². The third-order valence-electron chi connectivity index (χ3n) is 3.97. The van der Waals surface area contributed by atoms with Gasteiger partial charge in [-0.05, 0) is 31.5 Å². The topological polar surface area (TPSA) is 42.7 Å². The van der Waals surface area contributed by atoms with Gasteiger partial charge in [0.05, 0.1) is 12.7 Å². The summed E-state index contributed by atoms with van der Waals surface area (Å²) in [6, 6.07) is 5.40. The number of aryl methyl sites for hydroxylation is 1. The van der Waals surface area contributed by atoms with Crippen molar-refractivity contribution in [2.45, 2.75) is 26.4 Å². The first-order chi connectivity index (χ1) is 10.1. The zero-order valence-electron chi connectivity index (χ0n) is 12.2. The van der Waals surface area contributed by atoms with Crippen molar-refractivity contribution < 1.29 is 13.9 Å². The van der Waals surface area contributed by atoms with Gasteiger partial charge in [-0.15, -0.1) is 0 Å². The molecule has 1 aliphatic rings. The molecule has 1 amide bonds. The van der Waals surface area contributed by atoms with Crippen molar-refractivity contribution in [2.75, 3.05) is 19.7 Å². The second-order valence-electron chi connectivity index (χ2n) is 5.35. The summed E-state index contributed by atoms with van der Waals surface area (Å²) in [7, 11) is 0. The Kier molecular flexibility index (Phi) is 3.91. The van der Waals surface area contributed by atoms with E-state index in [0.29, 0.717) is 36.1 Å².